The molecule has 1 atom stereocenters. The fourth-order valence-corrected chi connectivity index (χ4v) is 2.68. The van der Waals surface area contributed by atoms with Gasteiger partial charge in [-0.3, -0.25) is 0 Å². The fourth-order valence-electron chi connectivity index (χ4n) is 2.68. The molecule has 118 valence electrons. The summed E-state index contributed by atoms with van der Waals surface area (Å²) in [6, 6.07) is 5.61. The van der Waals surface area contributed by atoms with Crippen LogP contribution in [0.25, 0.3) is 0 Å². The van der Waals surface area contributed by atoms with E-state index in [1.54, 1.807) is 6.07 Å². The van der Waals surface area contributed by atoms with Crippen molar-refractivity contribution in [2.24, 2.45) is 11.7 Å². The molecular weight excluding hydrogens is 283 g/mol. The van der Waals surface area contributed by atoms with Crippen LogP contribution in [0.4, 0.5) is 13.2 Å². The molecule has 1 aliphatic carbocycles. The standard InChI is InChI=1S/C15H20F3NO2/c1-2-20-13-6-10(7-13)8-14(19)11-4-3-5-12(9-11)21-15(16,17)18/h3-5,9-10,13-14H,2,6-8,19H2,1H3. The van der Waals surface area contributed by atoms with Crippen LogP contribution in [0, 0.1) is 5.92 Å². The smallest absolute Gasteiger partial charge is 0.406 e. The molecule has 21 heavy (non-hydrogen) atoms. The highest BCUT2D eigenvalue weighted by Gasteiger charge is 2.32. The molecule has 1 fully saturated rings. The Bertz CT molecular complexity index is 458. The summed E-state index contributed by atoms with van der Waals surface area (Å²) >= 11 is 0. The summed E-state index contributed by atoms with van der Waals surface area (Å²) < 4.78 is 46.0. The van der Waals surface area contributed by atoms with Crippen LogP contribution >= 0.6 is 0 Å². The van der Waals surface area contributed by atoms with Crippen molar-refractivity contribution in [1.29, 1.82) is 0 Å². The summed E-state index contributed by atoms with van der Waals surface area (Å²) in [5, 5.41) is 0. The highest BCUT2D eigenvalue weighted by atomic mass is 19.4. The van der Waals surface area contributed by atoms with Gasteiger partial charge in [-0.25, -0.2) is 0 Å². The zero-order valence-corrected chi connectivity index (χ0v) is 11.9. The van der Waals surface area contributed by atoms with Gasteiger partial charge in [-0.2, -0.15) is 0 Å². The molecule has 1 saturated carbocycles. The summed E-state index contributed by atoms with van der Waals surface area (Å²) in [5.74, 6) is 0.250. The molecule has 0 aromatic heterocycles. The van der Waals surface area contributed by atoms with E-state index in [4.69, 9.17) is 10.5 Å². The first-order valence-corrected chi connectivity index (χ1v) is 7.10. The van der Waals surface area contributed by atoms with Crippen molar-refractivity contribution >= 4 is 0 Å². The lowest BCUT2D eigenvalue weighted by molar-refractivity contribution is -0.274. The van der Waals surface area contributed by atoms with Crippen molar-refractivity contribution in [1.82, 2.24) is 0 Å². The Kier molecular flexibility index (Phi) is 5.11. The van der Waals surface area contributed by atoms with Crippen LogP contribution in [0.5, 0.6) is 5.75 Å². The number of ether oxygens (including phenoxy) is 2. The molecule has 1 aromatic rings. The van der Waals surface area contributed by atoms with Crippen molar-refractivity contribution in [3.63, 3.8) is 0 Å². The highest BCUT2D eigenvalue weighted by molar-refractivity contribution is 5.30. The Morgan fingerprint density at radius 3 is 2.67 bits per heavy atom. The lowest BCUT2D eigenvalue weighted by Crippen LogP contribution is -2.33. The number of hydrogen-bond donors (Lipinski definition) is 1. The van der Waals surface area contributed by atoms with E-state index in [9.17, 15) is 13.2 Å². The van der Waals surface area contributed by atoms with Crippen LogP contribution in [0.3, 0.4) is 0 Å². The van der Waals surface area contributed by atoms with E-state index >= 15 is 0 Å². The largest absolute Gasteiger partial charge is 0.573 e. The first-order chi connectivity index (χ1) is 9.87. The summed E-state index contributed by atoms with van der Waals surface area (Å²) in [6.45, 7) is 2.67. The normalized spacial score (nSPS) is 23.5. The molecule has 0 heterocycles. The van der Waals surface area contributed by atoms with Crippen molar-refractivity contribution in [3.8, 4) is 5.75 Å². The van der Waals surface area contributed by atoms with Gasteiger partial charge in [-0.05, 0) is 49.8 Å². The topological polar surface area (TPSA) is 44.5 Å². The number of hydrogen-bond acceptors (Lipinski definition) is 3. The van der Waals surface area contributed by atoms with Crippen molar-refractivity contribution in [3.05, 3.63) is 29.8 Å². The van der Waals surface area contributed by atoms with Gasteiger partial charge in [0, 0.05) is 12.6 Å². The molecule has 2 N–H and O–H groups in total. The SMILES string of the molecule is CCOC1CC(CC(N)c2cccc(OC(F)(F)F)c2)C1. The van der Waals surface area contributed by atoms with Gasteiger partial charge in [0.1, 0.15) is 5.75 Å². The number of benzene rings is 1. The fraction of sp³-hybridized carbons (Fsp3) is 0.600. The molecule has 0 saturated heterocycles. The quantitative estimate of drug-likeness (QED) is 0.869. The lowest BCUT2D eigenvalue weighted by Gasteiger charge is -2.36. The maximum atomic E-state index is 12.2. The average molecular weight is 303 g/mol. The van der Waals surface area contributed by atoms with Crippen molar-refractivity contribution < 1.29 is 22.6 Å². The molecule has 0 radical (unpaired) electrons. The van der Waals surface area contributed by atoms with E-state index in [1.165, 1.54) is 18.2 Å². The van der Waals surface area contributed by atoms with E-state index in [2.05, 4.69) is 4.74 Å². The minimum absolute atomic E-state index is 0.226. The van der Waals surface area contributed by atoms with Crippen molar-refractivity contribution in [2.75, 3.05) is 6.61 Å². The van der Waals surface area contributed by atoms with Crippen LogP contribution in [0.2, 0.25) is 0 Å². The molecule has 0 bridgehead atoms. The number of alkyl halides is 3. The Balaban J connectivity index is 1.88. The predicted molar refractivity (Wildman–Crippen MR) is 72.8 cm³/mol. The zero-order chi connectivity index (χ0) is 15.5. The van der Waals surface area contributed by atoms with E-state index in [-0.39, 0.29) is 11.8 Å². The molecule has 2 rings (SSSR count). The van der Waals surface area contributed by atoms with Gasteiger partial charge in [0.25, 0.3) is 0 Å². The van der Waals surface area contributed by atoms with Gasteiger partial charge in [-0.15, -0.1) is 13.2 Å². The molecule has 0 spiro atoms. The van der Waals surface area contributed by atoms with Gasteiger partial charge in [0.2, 0.25) is 0 Å². The summed E-state index contributed by atoms with van der Waals surface area (Å²) in [4.78, 5) is 0. The molecule has 3 nitrogen and oxygen atoms in total. The third-order valence-electron chi connectivity index (χ3n) is 3.70. The van der Waals surface area contributed by atoms with Gasteiger partial charge in [-0.1, -0.05) is 12.1 Å². The molecule has 0 aliphatic heterocycles. The molecule has 6 heteroatoms. The molecular formula is C15H20F3NO2. The summed E-state index contributed by atoms with van der Waals surface area (Å²) in [5.41, 5.74) is 6.74. The first kappa shape index (κ1) is 16.1. The number of rotatable bonds is 6. The van der Waals surface area contributed by atoms with Gasteiger partial charge < -0.3 is 15.2 Å². The zero-order valence-electron chi connectivity index (χ0n) is 11.9. The third-order valence-corrected chi connectivity index (χ3v) is 3.70. The van der Waals surface area contributed by atoms with E-state index in [1.807, 2.05) is 6.92 Å². The Hall–Kier alpha value is -1.27. The van der Waals surface area contributed by atoms with E-state index in [0.29, 0.717) is 24.2 Å². The second kappa shape index (κ2) is 6.66. The number of halogens is 3. The molecule has 1 aromatic carbocycles. The monoisotopic (exact) mass is 303 g/mol. The van der Waals surface area contributed by atoms with E-state index < -0.39 is 6.36 Å². The second-order valence-corrected chi connectivity index (χ2v) is 5.38. The molecule has 1 unspecified atom stereocenters. The molecule has 1 aliphatic rings. The summed E-state index contributed by atoms with van der Waals surface area (Å²) in [7, 11) is 0. The second-order valence-electron chi connectivity index (χ2n) is 5.38. The average Bonchev–Trinajstić information content (AvgIpc) is 2.34. The van der Waals surface area contributed by atoms with Gasteiger partial charge in [0.15, 0.2) is 0 Å². The van der Waals surface area contributed by atoms with Crippen LogP contribution in [-0.4, -0.2) is 19.1 Å². The Morgan fingerprint density at radius 2 is 2.05 bits per heavy atom. The van der Waals surface area contributed by atoms with Crippen molar-refractivity contribution in [2.45, 2.75) is 44.7 Å². The summed E-state index contributed by atoms with van der Waals surface area (Å²) in [6.07, 6.45) is -1.67. The third kappa shape index (κ3) is 4.89. The Morgan fingerprint density at radius 1 is 1.33 bits per heavy atom. The van der Waals surface area contributed by atoms with Crippen LogP contribution in [0.1, 0.15) is 37.8 Å². The molecule has 0 amide bonds. The maximum Gasteiger partial charge on any atom is 0.573 e. The minimum Gasteiger partial charge on any atom is -0.406 e. The van der Waals surface area contributed by atoms with E-state index in [0.717, 1.165) is 19.3 Å². The van der Waals surface area contributed by atoms with Gasteiger partial charge >= 0.3 is 6.36 Å². The Labute approximate surface area is 122 Å². The van der Waals surface area contributed by atoms with Crippen LogP contribution < -0.4 is 10.5 Å². The number of nitrogens with two attached hydrogens (primary N) is 1. The first-order valence-electron chi connectivity index (χ1n) is 7.10. The lowest BCUT2D eigenvalue weighted by atomic mass is 9.77. The maximum absolute atomic E-state index is 12.2. The minimum atomic E-state index is -4.68. The van der Waals surface area contributed by atoms with Crippen LogP contribution in [-0.2, 0) is 4.74 Å². The highest BCUT2D eigenvalue weighted by Crippen LogP contribution is 2.36. The van der Waals surface area contributed by atoms with Gasteiger partial charge in [0.05, 0.1) is 6.10 Å². The predicted octanol–water partition coefficient (Wildman–Crippen LogP) is 3.79. The van der Waals surface area contributed by atoms with Crippen LogP contribution in [0.15, 0.2) is 24.3 Å².